The Hall–Kier alpha value is -0.570. The van der Waals surface area contributed by atoms with E-state index in [1.165, 1.54) is 6.42 Å². The van der Waals surface area contributed by atoms with Gasteiger partial charge in [-0.3, -0.25) is 4.79 Å². The SMILES string of the molecule is NC1(CC(=O)c2ccc(Cl)c(Cl)c2)CCCCC1. The van der Waals surface area contributed by atoms with E-state index in [1.807, 2.05) is 0 Å². The van der Waals surface area contributed by atoms with Crippen molar-refractivity contribution in [3.05, 3.63) is 33.8 Å². The molecule has 0 spiro atoms. The molecule has 98 valence electrons. The third-order valence-corrected chi connectivity index (χ3v) is 4.34. The van der Waals surface area contributed by atoms with E-state index >= 15 is 0 Å². The summed E-state index contributed by atoms with van der Waals surface area (Å²) in [4.78, 5) is 12.2. The van der Waals surface area contributed by atoms with E-state index < -0.39 is 0 Å². The molecule has 0 amide bonds. The number of Topliss-reactive ketones (excluding diaryl/α,β-unsaturated/α-hetero) is 1. The normalized spacial score (nSPS) is 18.6. The highest BCUT2D eigenvalue weighted by molar-refractivity contribution is 6.42. The minimum Gasteiger partial charge on any atom is -0.325 e. The number of ketones is 1. The Labute approximate surface area is 117 Å². The topological polar surface area (TPSA) is 43.1 Å². The molecule has 0 aromatic heterocycles. The smallest absolute Gasteiger partial charge is 0.164 e. The van der Waals surface area contributed by atoms with Gasteiger partial charge in [0.05, 0.1) is 10.0 Å². The lowest BCUT2D eigenvalue weighted by atomic mass is 9.78. The van der Waals surface area contributed by atoms with E-state index in [9.17, 15) is 4.79 Å². The number of nitrogens with two attached hydrogens (primary N) is 1. The molecule has 0 unspecified atom stereocenters. The van der Waals surface area contributed by atoms with Crippen LogP contribution >= 0.6 is 23.2 Å². The molecule has 4 heteroatoms. The molecule has 1 aromatic carbocycles. The molecule has 2 rings (SSSR count). The van der Waals surface area contributed by atoms with Crippen LogP contribution in [-0.2, 0) is 0 Å². The second-order valence-corrected chi connectivity index (χ2v) is 5.97. The van der Waals surface area contributed by atoms with Gasteiger partial charge in [0, 0.05) is 17.5 Å². The number of hydrogen-bond acceptors (Lipinski definition) is 2. The number of halogens is 2. The minimum atomic E-state index is -0.332. The van der Waals surface area contributed by atoms with E-state index in [4.69, 9.17) is 28.9 Å². The van der Waals surface area contributed by atoms with Gasteiger partial charge in [-0.2, -0.15) is 0 Å². The Morgan fingerprint density at radius 1 is 1.17 bits per heavy atom. The molecule has 2 N–H and O–H groups in total. The minimum absolute atomic E-state index is 0.0537. The summed E-state index contributed by atoms with van der Waals surface area (Å²) in [5, 5.41) is 0.880. The van der Waals surface area contributed by atoms with Gasteiger partial charge in [0.25, 0.3) is 0 Å². The number of rotatable bonds is 3. The molecule has 1 fully saturated rings. The third kappa shape index (κ3) is 3.25. The molecule has 1 saturated carbocycles. The van der Waals surface area contributed by atoms with Crippen LogP contribution in [0.5, 0.6) is 0 Å². The maximum absolute atomic E-state index is 12.2. The molecule has 0 aliphatic heterocycles. The summed E-state index contributed by atoms with van der Waals surface area (Å²) in [6.07, 6.45) is 5.71. The molecule has 0 heterocycles. The van der Waals surface area contributed by atoms with Crippen LogP contribution in [0.3, 0.4) is 0 Å². The Morgan fingerprint density at radius 3 is 2.44 bits per heavy atom. The summed E-state index contributed by atoms with van der Waals surface area (Å²) in [6, 6.07) is 4.99. The van der Waals surface area contributed by atoms with Gasteiger partial charge in [0.15, 0.2) is 5.78 Å². The summed E-state index contributed by atoms with van der Waals surface area (Å²) in [7, 11) is 0. The van der Waals surface area contributed by atoms with Crippen LogP contribution in [-0.4, -0.2) is 11.3 Å². The standard InChI is InChI=1S/C14H17Cl2NO/c15-11-5-4-10(8-12(11)16)13(18)9-14(17)6-2-1-3-7-14/h4-5,8H,1-3,6-7,9,17H2. The molecule has 18 heavy (non-hydrogen) atoms. The molecular formula is C14H17Cl2NO. The van der Waals surface area contributed by atoms with Crippen molar-refractivity contribution in [2.45, 2.75) is 44.1 Å². The van der Waals surface area contributed by atoms with Crippen molar-refractivity contribution in [2.75, 3.05) is 0 Å². The molecule has 0 atom stereocenters. The fourth-order valence-electron chi connectivity index (χ4n) is 2.52. The van der Waals surface area contributed by atoms with Gasteiger partial charge in [0.2, 0.25) is 0 Å². The zero-order valence-electron chi connectivity index (χ0n) is 10.2. The Bertz CT molecular complexity index is 453. The van der Waals surface area contributed by atoms with E-state index in [0.29, 0.717) is 22.0 Å². The molecule has 1 aliphatic carbocycles. The first-order chi connectivity index (χ1) is 8.50. The average molecular weight is 286 g/mol. The summed E-state index contributed by atoms with van der Waals surface area (Å²) >= 11 is 11.8. The fraction of sp³-hybridized carbons (Fsp3) is 0.500. The van der Waals surface area contributed by atoms with E-state index in [-0.39, 0.29) is 11.3 Å². The zero-order valence-corrected chi connectivity index (χ0v) is 11.7. The van der Waals surface area contributed by atoms with Crippen LogP contribution < -0.4 is 5.73 Å². The first kappa shape index (κ1) is 13.9. The van der Waals surface area contributed by atoms with Gasteiger partial charge >= 0.3 is 0 Å². The average Bonchev–Trinajstić information content (AvgIpc) is 2.33. The largest absolute Gasteiger partial charge is 0.325 e. The second-order valence-electron chi connectivity index (χ2n) is 5.15. The maximum Gasteiger partial charge on any atom is 0.164 e. The van der Waals surface area contributed by atoms with Crippen LogP contribution in [0, 0.1) is 0 Å². The first-order valence-electron chi connectivity index (χ1n) is 6.27. The quantitative estimate of drug-likeness (QED) is 0.845. The van der Waals surface area contributed by atoms with E-state index in [2.05, 4.69) is 0 Å². The molecular weight excluding hydrogens is 269 g/mol. The second kappa shape index (κ2) is 5.60. The highest BCUT2D eigenvalue weighted by Gasteiger charge is 2.30. The van der Waals surface area contributed by atoms with Crippen molar-refractivity contribution in [1.82, 2.24) is 0 Å². The van der Waals surface area contributed by atoms with Crippen molar-refractivity contribution < 1.29 is 4.79 Å². The number of hydrogen-bond donors (Lipinski definition) is 1. The molecule has 0 bridgehead atoms. The van der Waals surface area contributed by atoms with Crippen LogP contribution in [0.2, 0.25) is 10.0 Å². The molecule has 1 aliphatic rings. The van der Waals surface area contributed by atoms with Gasteiger partial charge in [-0.25, -0.2) is 0 Å². The highest BCUT2D eigenvalue weighted by Crippen LogP contribution is 2.30. The summed E-state index contributed by atoms with van der Waals surface area (Å²) in [6.45, 7) is 0. The lowest BCUT2D eigenvalue weighted by Gasteiger charge is -2.32. The number of carbonyl (C=O) groups is 1. The Morgan fingerprint density at radius 2 is 1.83 bits per heavy atom. The molecule has 0 radical (unpaired) electrons. The van der Waals surface area contributed by atoms with E-state index in [1.54, 1.807) is 18.2 Å². The fourth-order valence-corrected chi connectivity index (χ4v) is 2.82. The summed E-state index contributed by atoms with van der Waals surface area (Å²) < 4.78 is 0. The Kier molecular flexibility index (Phi) is 4.31. The first-order valence-corrected chi connectivity index (χ1v) is 7.03. The summed E-state index contributed by atoms with van der Waals surface area (Å²) in [5.41, 5.74) is 6.55. The predicted octanol–water partition coefficient (Wildman–Crippen LogP) is 4.23. The lowest BCUT2D eigenvalue weighted by Crippen LogP contribution is -2.43. The number of benzene rings is 1. The number of carbonyl (C=O) groups excluding carboxylic acids is 1. The lowest BCUT2D eigenvalue weighted by molar-refractivity contribution is 0.0934. The monoisotopic (exact) mass is 285 g/mol. The summed E-state index contributed by atoms with van der Waals surface area (Å²) in [5.74, 6) is 0.0537. The van der Waals surface area contributed by atoms with Crippen molar-refractivity contribution in [3.63, 3.8) is 0 Å². The van der Waals surface area contributed by atoms with Crippen LogP contribution in [0.25, 0.3) is 0 Å². The highest BCUT2D eigenvalue weighted by atomic mass is 35.5. The Balaban J connectivity index is 2.09. The van der Waals surface area contributed by atoms with Crippen molar-refractivity contribution in [2.24, 2.45) is 5.73 Å². The van der Waals surface area contributed by atoms with Crippen molar-refractivity contribution in [3.8, 4) is 0 Å². The van der Waals surface area contributed by atoms with Crippen LogP contribution in [0.4, 0.5) is 0 Å². The third-order valence-electron chi connectivity index (χ3n) is 3.60. The van der Waals surface area contributed by atoms with Gasteiger partial charge in [0.1, 0.15) is 0 Å². The van der Waals surface area contributed by atoms with Gasteiger partial charge in [-0.15, -0.1) is 0 Å². The van der Waals surface area contributed by atoms with Gasteiger partial charge < -0.3 is 5.73 Å². The maximum atomic E-state index is 12.2. The molecule has 1 aromatic rings. The van der Waals surface area contributed by atoms with Crippen LogP contribution in [0.15, 0.2) is 18.2 Å². The van der Waals surface area contributed by atoms with Crippen LogP contribution in [0.1, 0.15) is 48.9 Å². The predicted molar refractivity (Wildman–Crippen MR) is 75.4 cm³/mol. The van der Waals surface area contributed by atoms with Crippen molar-refractivity contribution in [1.29, 1.82) is 0 Å². The van der Waals surface area contributed by atoms with Crippen molar-refractivity contribution >= 4 is 29.0 Å². The van der Waals surface area contributed by atoms with Gasteiger partial charge in [-0.05, 0) is 31.0 Å². The van der Waals surface area contributed by atoms with Gasteiger partial charge in [-0.1, -0.05) is 42.5 Å². The zero-order chi connectivity index (χ0) is 13.2. The van der Waals surface area contributed by atoms with E-state index in [0.717, 1.165) is 25.7 Å². The molecule has 0 saturated heterocycles. The molecule has 2 nitrogen and oxygen atoms in total.